The van der Waals surface area contributed by atoms with E-state index in [4.69, 9.17) is 9.26 Å². The highest BCUT2D eigenvalue weighted by atomic mass is 32.2. The minimum Gasteiger partial charge on any atom is -0.369 e. The van der Waals surface area contributed by atoms with Crippen molar-refractivity contribution in [2.75, 3.05) is 4.47 Å². The summed E-state index contributed by atoms with van der Waals surface area (Å²) in [5.74, 6) is 7.40. The predicted octanol–water partition coefficient (Wildman–Crippen LogP) is 4.89. The van der Waals surface area contributed by atoms with Gasteiger partial charge >= 0.3 is 0 Å². The number of anilines is 1. The molecule has 0 spiro atoms. The van der Waals surface area contributed by atoms with Crippen LogP contribution in [0.2, 0.25) is 0 Å². The van der Waals surface area contributed by atoms with Crippen molar-refractivity contribution in [3.63, 3.8) is 0 Å². The molecule has 6 nitrogen and oxygen atoms in total. The van der Waals surface area contributed by atoms with Crippen LogP contribution in [0.5, 0.6) is 0 Å². The van der Waals surface area contributed by atoms with E-state index in [1.807, 2.05) is 19.1 Å². The minimum absolute atomic E-state index is 0.128. The van der Waals surface area contributed by atoms with Gasteiger partial charge in [0, 0.05) is 29.3 Å². The zero-order valence-electron chi connectivity index (χ0n) is 16.7. The van der Waals surface area contributed by atoms with E-state index in [0.29, 0.717) is 23.9 Å². The molecule has 1 aliphatic heterocycles. The lowest BCUT2D eigenvalue weighted by Crippen LogP contribution is -2.09. The normalized spacial score (nSPS) is 15.0. The van der Waals surface area contributed by atoms with E-state index in [1.165, 1.54) is 11.1 Å². The fraction of sp³-hybridized carbons (Fsp3) is 0.273. The van der Waals surface area contributed by atoms with Crippen molar-refractivity contribution in [3.8, 4) is 11.8 Å². The molecule has 1 unspecified atom stereocenters. The molecule has 1 N–H and O–H groups in total. The Bertz CT molecular complexity index is 1130. The third-order valence-corrected chi connectivity index (χ3v) is 5.87. The molecule has 29 heavy (non-hydrogen) atoms. The van der Waals surface area contributed by atoms with Crippen LogP contribution in [0.15, 0.2) is 39.9 Å². The Kier molecular flexibility index (Phi) is 5.33. The molecule has 0 saturated heterocycles. The lowest BCUT2D eigenvalue weighted by molar-refractivity contribution is 0.0796. The minimum atomic E-state index is 0.128. The van der Waals surface area contributed by atoms with Gasteiger partial charge in [-0.1, -0.05) is 17.1 Å². The van der Waals surface area contributed by atoms with Gasteiger partial charge in [0.15, 0.2) is 0 Å². The maximum Gasteiger partial charge on any atom is 0.210 e. The van der Waals surface area contributed by atoms with Crippen molar-refractivity contribution >= 4 is 17.8 Å². The number of nitrogens with zero attached hydrogens (tertiary/aromatic N) is 3. The molecule has 0 aliphatic carbocycles. The fourth-order valence-corrected chi connectivity index (χ4v) is 3.90. The Labute approximate surface area is 174 Å². The SMILES string of the molecule is Cc1cc2c(cc1C#Cc1ncccc1SN(O)c1noc(C)c1C)COC2C. The quantitative estimate of drug-likeness (QED) is 0.376. The molecule has 1 atom stereocenters. The summed E-state index contributed by atoms with van der Waals surface area (Å²) < 4.78 is 11.8. The highest BCUT2D eigenvalue weighted by Gasteiger charge is 2.20. The van der Waals surface area contributed by atoms with E-state index >= 15 is 0 Å². The van der Waals surface area contributed by atoms with E-state index in [0.717, 1.165) is 38.0 Å². The van der Waals surface area contributed by atoms with Crippen LogP contribution >= 0.6 is 11.9 Å². The third kappa shape index (κ3) is 3.87. The van der Waals surface area contributed by atoms with Gasteiger partial charge in [0.25, 0.3) is 0 Å². The van der Waals surface area contributed by atoms with E-state index in [-0.39, 0.29) is 6.10 Å². The van der Waals surface area contributed by atoms with Crippen LogP contribution in [0.4, 0.5) is 5.82 Å². The average Bonchev–Trinajstić information content (AvgIpc) is 3.23. The highest BCUT2D eigenvalue weighted by Crippen LogP contribution is 2.33. The second-order valence-electron chi connectivity index (χ2n) is 6.97. The van der Waals surface area contributed by atoms with Gasteiger partial charge in [-0.3, -0.25) is 5.21 Å². The second-order valence-corrected chi connectivity index (χ2v) is 7.94. The number of aromatic nitrogens is 2. The molecule has 148 valence electrons. The number of rotatable bonds is 3. The Morgan fingerprint density at radius 1 is 1.24 bits per heavy atom. The summed E-state index contributed by atoms with van der Waals surface area (Å²) in [6, 6.07) is 7.91. The largest absolute Gasteiger partial charge is 0.369 e. The summed E-state index contributed by atoms with van der Waals surface area (Å²) in [5, 5.41) is 14.3. The number of fused-ring (bicyclic) bond motifs is 1. The van der Waals surface area contributed by atoms with Crippen LogP contribution in [0.3, 0.4) is 0 Å². The number of hydrogen-bond donors (Lipinski definition) is 1. The molecule has 1 aliphatic rings. The smallest absolute Gasteiger partial charge is 0.210 e. The number of pyridine rings is 1. The van der Waals surface area contributed by atoms with E-state index in [9.17, 15) is 5.21 Å². The number of benzene rings is 1. The summed E-state index contributed by atoms with van der Waals surface area (Å²) in [4.78, 5) is 5.10. The van der Waals surface area contributed by atoms with E-state index < -0.39 is 0 Å². The summed E-state index contributed by atoms with van der Waals surface area (Å²) in [7, 11) is 0. The molecule has 0 radical (unpaired) electrons. The molecule has 0 fully saturated rings. The topological polar surface area (TPSA) is 71.6 Å². The first kappa shape index (κ1) is 19.5. The lowest BCUT2D eigenvalue weighted by atomic mass is 9.98. The zero-order valence-corrected chi connectivity index (χ0v) is 17.5. The van der Waals surface area contributed by atoms with E-state index in [1.54, 1.807) is 13.1 Å². The molecule has 7 heteroatoms. The summed E-state index contributed by atoms with van der Waals surface area (Å²) >= 11 is 1.09. The van der Waals surface area contributed by atoms with Crippen molar-refractivity contribution in [2.45, 2.75) is 45.3 Å². The molecule has 3 aromatic rings. The Morgan fingerprint density at radius 3 is 2.83 bits per heavy atom. The van der Waals surface area contributed by atoms with Gasteiger partial charge in [0.05, 0.1) is 17.6 Å². The first-order valence-corrected chi connectivity index (χ1v) is 10.0. The molecule has 3 heterocycles. The van der Waals surface area contributed by atoms with Gasteiger partial charge in [0.1, 0.15) is 11.5 Å². The van der Waals surface area contributed by atoms with Crippen molar-refractivity contribution in [3.05, 3.63) is 69.7 Å². The first-order chi connectivity index (χ1) is 13.9. The van der Waals surface area contributed by atoms with Gasteiger partial charge in [-0.2, -0.15) is 4.47 Å². The van der Waals surface area contributed by atoms with Gasteiger partial charge in [-0.25, -0.2) is 4.98 Å². The molecule has 0 amide bonds. The van der Waals surface area contributed by atoms with E-state index in [2.05, 4.69) is 48.0 Å². The van der Waals surface area contributed by atoms with Crippen LogP contribution < -0.4 is 4.47 Å². The van der Waals surface area contributed by atoms with Crippen molar-refractivity contribution in [1.29, 1.82) is 0 Å². The van der Waals surface area contributed by atoms with Gasteiger partial charge in [-0.15, -0.1) is 0 Å². The molecule has 0 bridgehead atoms. The van der Waals surface area contributed by atoms with Crippen LogP contribution in [-0.2, 0) is 11.3 Å². The Hall–Kier alpha value is -2.79. The molecule has 0 saturated carbocycles. The van der Waals surface area contributed by atoms with Crippen molar-refractivity contribution in [1.82, 2.24) is 10.1 Å². The Morgan fingerprint density at radius 2 is 2.07 bits per heavy atom. The number of aryl methyl sites for hydroxylation is 2. The number of ether oxygens (including phenoxy) is 1. The predicted molar refractivity (Wildman–Crippen MR) is 111 cm³/mol. The monoisotopic (exact) mass is 407 g/mol. The summed E-state index contributed by atoms with van der Waals surface area (Å²) in [6.45, 7) is 8.37. The van der Waals surface area contributed by atoms with Crippen LogP contribution in [0.25, 0.3) is 0 Å². The lowest BCUT2D eigenvalue weighted by Gasteiger charge is -2.13. The molecule has 2 aromatic heterocycles. The standard InChI is InChI=1S/C22H21N3O3S/c1-13-10-19-16(4)27-12-18(19)11-17(13)7-8-20-21(6-5-9-23-20)29-25(26)22-14(2)15(3)28-24-22/h5-6,9-11,16,26H,12H2,1-4H3. The van der Waals surface area contributed by atoms with Gasteiger partial charge in [0.2, 0.25) is 5.82 Å². The van der Waals surface area contributed by atoms with Crippen LogP contribution in [-0.4, -0.2) is 15.3 Å². The zero-order chi connectivity index (χ0) is 20.5. The first-order valence-electron chi connectivity index (χ1n) is 9.26. The van der Waals surface area contributed by atoms with Crippen molar-refractivity contribution < 1.29 is 14.5 Å². The van der Waals surface area contributed by atoms with Crippen molar-refractivity contribution in [2.24, 2.45) is 0 Å². The Balaban J connectivity index is 1.61. The molecular formula is C22H21N3O3S. The fourth-order valence-electron chi connectivity index (χ4n) is 3.12. The summed E-state index contributed by atoms with van der Waals surface area (Å²) in [5.41, 5.74) is 5.83. The van der Waals surface area contributed by atoms with Gasteiger partial charge < -0.3 is 9.26 Å². The average molecular weight is 407 g/mol. The maximum atomic E-state index is 10.4. The molecular weight excluding hydrogens is 386 g/mol. The summed E-state index contributed by atoms with van der Waals surface area (Å²) in [6.07, 6.45) is 1.82. The molecule has 1 aromatic carbocycles. The second kappa shape index (κ2) is 7.91. The highest BCUT2D eigenvalue weighted by molar-refractivity contribution is 8.00. The van der Waals surface area contributed by atoms with Gasteiger partial charge in [-0.05, 0) is 68.5 Å². The third-order valence-electron chi connectivity index (χ3n) is 5.00. The molecule has 4 rings (SSSR count). The van der Waals surface area contributed by atoms with Crippen LogP contribution in [0, 0.1) is 32.6 Å². The maximum absolute atomic E-state index is 10.4. The number of hydrogen-bond acceptors (Lipinski definition) is 7. The van der Waals surface area contributed by atoms with Crippen LogP contribution in [0.1, 0.15) is 52.3 Å².